The molecule has 6 heteroatoms. The molecule has 84 valence electrons. The lowest BCUT2D eigenvalue weighted by Gasteiger charge is -2.05. The van der Waals surface area contributed by atoms with Gasteiger partial charge in [0.2, 0.25) is 0 Å². The minimum absolute atomic E-state index is 0.249. The molecule has 0 fully saturated rings. The molecule has 0 saturated carbocycles. The molecule has 0 heterocycles. The normalized spacial score (nSPS) is 11.7. The summed E-state index contributed by atoms with van der Waals surface area (Å²) in [4.78, 5) is 4.67. The Hall–Kier alpha value is -0.620. The minimum Gasteiger partial charge on any atom is -0.304 e. The smallest absolute Gasteiger partial charge is 0.175 e. The Balaban J connectivity index is 3.06. The Kier molecular flexibility index (Phi) is 4.10. The van der Waals surface area contributed by atoms with Crippen molar-refractivity contribution in [2.24, 2.45) is 5.90 Å². The van der Waals surface area contributed by atoms with Gasteiger partial charge < -0.3 is 4.84 Å². The second kappa shape index (κ2) is 4.94. The molecule has 0 aliphatic heterocycles. The van der Waals surface area contributed by atoms with Crippen LogP contribution in [0.15, 0.2) is 23.1 Å². The van der Waals surface area contributed by atoms with E-state index in [-0.39, 0.29) is 4.90 Å². The summed E-state index contributed by atoms with van der Waals surface area (Å²) in [7, 11) is -3.20. The van der Waals surface area contributed by atoms with E-state index >= 15 is 0 Å². The summed E-state index contributed by atoms with van der Waals surface area (Å²) in [5.74, 6) is 4.89. The summed E-state index contributed by atoms with van der Waals surface area (Å²) in [6.07, 6.45) is 1.64. The van der Waals surface area contributed by atoms with Crippen molar-refractivity contribution in [2.75, 3.05) is 12.9 Å². The molecular formula is C9H12ClNO3S. The van der Waals surface area contributed by atoms with Crippen LogP contribution in [0.25, 0.3) is 0 Å². The molecule has 0 aliphatic rings. The van der Waals surface area contributed by atoms with Crippen LogP contribution < -0.4 is 5.90 Å². The Bertz CT molecular complexity index is 445. The molecule has 0 unspecified atom stereocenters. The van der Waals surface area contributed by atoms with Crippen LogP contribution in [0.3, 0.4) is 0 Å². The van der Waals surface area contributed by atoms with E-state index in [1.165, 1.54) is 12.1 Å². The van der Waals surface area contributed by atoms with Gasteiger partial charge in [-0.1, -0.05) is 11.6 Å². The van der Waals surface area contributed by atoms with E-state index in [4.69, 9.17) is 17.5 Å². The topological polar surface area (TPSA) is 69.4 Å². The van der Waals surface area contributed by atoms with E-state index in [9.17, 15) is 8.42 Å². The third kappa shape index (κ3) is 3.46. The number of hydrogen-bond donors (Lipinski definition) is 1. The first-order chi connectivity index (χ1) is 6.95. The molecule has 0 aromatic heterocycles. The van der Waals surface area contributed by atoms with Gasteiger partial charge in [-0.3, -0.25) is 0 Å². The van der Waals surface area contributed by atoms with Gasteiger partial charge in [0, 0.05) is 11.3 Å². The Morgan fingerprint density at radius 3 is 2.67 bits per heavy atom. The van der Waals surface area contributed by atoms with Crippen molar-refractivity contribution in [3.8, 4) is 0 Å². The summed E-state index contributed by atoms with van der Waals surface area (Å²) in [5, 5.41) is 0.513. The number of sulfone groups is 1. The molecule has 0 amide bonds. The second-order valence-corrected chi connectivity index (χ2v) is 5.57. The minimum atomic E-state index is -3.20. The fraction of sp³-hybridized carbons (Fsp3) is 0.333. The molecule has 1 aromatic carbocycles. The maximum Gasteiger partial charge on any atom is 0.175 e. The van der Waals surface area contributed by atoms with Crippen molar-refractivity contribution in [3.63, 3.8) is 0 Å². The molecule has 0 aliphatic carbocycles. The van der Waals surface area contributed by atoms with E-state index in [2.05, 4.69) is 4.84 Å². The van der Waals surface area contributed by atoms with Gasteiger partial charge in [0.1, 0.15) is 0 Å². The summed E-state index contributed by atoms with van der Waals surface area (Å²) >= 11 is 5.89. The third-order valence-corrected chi connectivity index (χ3v) is 3.41. The summed E-state index contributed by atoms with van der Waals surface area (Å²) < 4.78 is 22.5. The summed E-state index contributed by atoms with van der Waals surface area (Å²) in [6.45, 7) is 0.299. The Labute approximate surface area is 93.9 Å². The van der Waals surface area contributed by atoms with Crippen molar-refractivity contribution in [2.45, 2.75) is 11.3 Å². The molecule has 0 radical (unpaired) electrons. The van der Waals surface area contributed by atoms with Crippen LogP contribution in [0.4, 0.5) is 0 Å². The first-order valence-electron chi connectivity index (χ1n) is 4.25. The lowest BCUT2D eigenvalue weighted by molar-refractivity contribution is 0.141. The monoisotopic (exact) mass is 249 g/mol. The average Bonchev–Trinajstić information content (AvgIpc) is 2.15. The zero-order valence-corrected chi connectivity index (χ0v) is 9.81. The highest BCUT2D eigenvalue weighted by atomic mass is 35.5. The van der Waals surface area contributed by atoms with Gasteiger partial charge in [0.15, 0.2) is 9.84 Å². The molecule has 1 rings (SSSR count). The second-order valence-electron chi connectivity index (χ2n) is 3.15. The van der Waals surface area contributed by atoms with E-state index in [1.807, 2.05) is 0 Å². The van der Waals surface area contributed by atoms with Gasteiger partial charge in [0.05, 0.1) is 11.5 Å². The highest BCUT2D eigenvalue weighted by Gasteiger charge is 2.09. The number of benzene rings is 1. The van der Waals surface area contributed by atoms with Crippen LogP contribution in [0.1, 0.15) is 5.56 Å². The summed E-state index contributed by atoms with van der Waals surface area (Å²) in [6, 6.07) is 4.57. The zero-order valence-electron chi connectivity index (χ0n) is 8.23. The SMILES string of the molecule is CS(=O)(=O)c1ccc(Cl)c(CCON)c1. The van der Waals surface area contributed by atoms with Gasteiger partial charge >= 0.3 is 0 Å². The predicted molar refractivity (Wildman–Crippen MR) is 58.4 cm³/mol. The highest BCUT2D eigenvalue weighted by Crippen LogP contribution is 2.20. The van der Waals surface area contributed by atoms with E-state index < -0.39 is 9.84 Å². The van der Waals surface area contributed by atoms with E-state index in [0.717, 1.165) is 6.26 Å². The van der Waals surface area contributed by atoms with Crippen LogP contribution >= 0.6 is 11.6 Å². The lowest BCUT2D eigenvalue weighted by atomic mass is 10.2. The van der Waals surface area contributed by atoms with Gasteiger partial charge in [-0.05, 0) is 30.2 Å². The fourth-order valence-corrected chi connectivity index (χ4v) is 2.03. The molecular weight excluding hydrogens is 238 g/mol. The Morgan fingerprint density at radius 2 is 2.13 bits per heavy atom. The first kappa shape index (κ1) is 12.4. The van der Waals surface area contributed by atoms with Crippen molar-refractivity contribution in [1.29, 1.82) is 0 Å². The quantitative estimate of drug-likeness (QED) is 0.814. The molecule has 15 heavy (non-hydrogen) atoms. The van der Waals surface area contributed by atoms with Crippen molar-refractivity contribution in [3.05, 3.63) is 28.8 Å². The number of nitrogens with two attached hydrogens (primary N) is 1. The van der Waals surface area contributed by atoms with Crippen molar-refractivity contribution < 1.29 is 13.3 Å². The average molecular weight is 250 g/mol. The van der Waals surface area contributed by atoms with Crippen molar-refractivity contribution in [1.82, 2.24) is 0 Å². The largest absolute Gasteiger partial charge is 0.304 e. The molecule has 4 nitrogen and oxygen atoms in total. The highest BCUT2D eigenvalue weighted by molar-refractivity contribution is 7.90. The van der Waals surface area contributed by atoms with Crippen LogP contribution in [-0.4, -0.2) is 21.3 Å². The molecule has 2 N–H and O–H groups in total. The van der Waals surface area contributed by atoms with Crippen LogP contribution in [0.5, 0.6) is 0 Å². The fourth-order valence-electron chi connectivity index (χ4n) is 1.14. The lowest BCUT2D eigenvalue weighted by Crippen LogP contribution is -2.05. The van der Waals surface area contributed by atoms with Gasteiger partial charge in [-0.2, -0.15) is 0 Å². The standard InChI is InChI=1S/C9H12ClNO3S/c1-15(12,13)8-2-3-9(10)7(6-8)4-5-14-11/h2-3,6H,4-5,11H2,1H3. The zero-order chi connectivity index (χ0) is 11.5. The predicted octanol–water partition coefficient (Wildman–Crippen LogP) is 1.18. The molecule has 0 saturated heterocycles. The van der Waals surface area contributed by atoms with Crippen LogP contribution in [0.2, 0.25) is 5.02 Å². The van der Waals surface area contributed by atoms with Crippen molar-refractivity contribution >= 4 is 21.4 Å². The maximum atomic E-state index is 11.3. The van der Waals surface area contributed by atoms with Gasteiger partial charge in [0.25, 0.3) is 0 Å². The number of hydrogen-bond acceptors (Lipinski definition) is 4. The number of rotatable bonds is 4. The van der Waals surface area contributed by atoms with Gasteiger partial charge in [-0.25, -0.2) is 14.3 Å². The molecule has 0 spiro atoms. The maximum absolute atomic E-state index is 11.3. The van der Waals surface area contributed by atoms with Crippen LogP contribution in [-0.2, 0) is 21.1 Å². The number of halogens is 1. The van der Waals surface area contributed by atoms with Crippen LogP contribution in [0, 0.1) is 0 Å². The molecule has 0 bridgehead atoms. The first-order valence-corrected chi connectivity index (χ1v) is 6.52. The third-order valence-electron chi connectivity index (χ3n) is 1.93. The summed E-state index contributed by atoms with van der Waals surface area (Å²) in [5.41, 5.74) is 0.713. The molecule has 0 atom stereocenters. The molecule has 1 aromatic rings. The van der Waals surface area contributed by atoms with E-state index in [0.29, 0.717) is 23.6 Å². The van der Waals surface area contributed by atoms with E-state index in [1.54, 1.807) is 6.07 Å². The Morgan fingerprint density at radius 1 is 1.47 bits per heavy atom. The van der Waals surface area contributed by atoms with Gasteiger partial charge in [-0.15, -0.1) is 0 Å².